The molecule has 10 nitrogen and oxygen atoms in total. The highest BCUT2D eigenvalue weighted by Gasteiger charge is 2.70. The van der Waals surface area contributed by atoms with Crippen molar-refractivity contribution >= 4 is 34.2 Å². The number of ether oxygens (including phenoxy) is 1. The summed E-state index contributed by atoms with van der Waals surface area (Å²) in [7, 11) is 2.02. The molecule has 3 amide bonds. The lowest BCUT2D eigenvalue weighted by molar-refractivity contribution is -0.317. The molecule has 3 N–H and O–H groups in total. The number of hydrogen-bond donors (Lipinski definition) is 3. The van der Waals surface area contributed by atoms with E-state index in [2.05, 4.69) is 33.5 Å². The fourth-order valence-corrected chi connectivity index (χ4v) is 7.63. The van der Waals surface area contributed by atoms with E-state index >= 15 is 0 Å². The Morgan fingerprint density at radius 3 is 2.85 bits per heavy atom. The number of carbonyl (C=O) groups is 3. The summed E-state index contributed by atoms with van der Waals surface area (Å²) in [4.78, 5) is 49.4. The molecule has 3 fully saturated rings. The molecule has 1 unspecified atom stereocenters. The summed E-state index contributed by atoms with van der Waals surface area (Å²) in [6.07, 6.45) is 6.19. The number of rotatable bonds is 3. The maximum Gasteiger partial charge on any atom is 0.280 e. The molecule has 0 saturated carbocycles. The van der Waals surface area contributed by atoms with Crippen LogP contribution in [0.2, 0.25) is 0 Å². The first-order valence-corrected chi connectivity index (χ1v) is 13.9. The summed E-state index contributed by atoms with van der Waals surface area (Å²) in [6.45, 7) is 6.18. The van der Waals surface area contributed by atoms with Gasteiger partial charge in [-0.3, -0.25) is 28.9 Å². The van der Waals surface area contributed by atoms with Gasteiger partial charge in [0.1, 0.15) is 12.1 Å². The average molecular weight is 534 g/mol. The SMILES string of the molecule is CC(C)[C@H]1C(=O)N2CCC[C@H]2[C@]2(O)O[C@@](C)(NC(=O)C3C=C4c5cccc6[nH]cc(c56)C[C@H]4N(C)C3)C(=O)N12. The summed E-state index contributed by atoms with van der Waals surface area (Å²) in [5, 5.41) is 15.9. The van der Waals surface area contributed by atoms with Crippen molar-refractivity contribution in [3.05, 3.63) is 41.6 Å². The van der Waals surface area contributed by atoms with Gasteiger partial charge in [0.2, 0.25) is 17.5 Å². The highest BCUT2D eigenvalue weighted by Crippen LogP contribution is 2.47. The second-order valence-electron chi connectivity index (χ2n) is 12.3. The molecule has 10 heteroatoms. The number of aromatic nitrogens is 1. The third-order valence-electron chi connectivity index (χ3n) is 9.43. The van der Waals surface area contributed by atoms with Crippen LogP contribution in [-0.4, -0.2) is 92.4 Å². The van der Waals surface area contributed by atoms with E-state index in [-0.39, 0.29) is 23.8 Å². The normalized spacial score (nSPS) is 35.8. The smallest absolute Gasteiger partial charge is 0.280 e. The molecule has 5 aliphatic rings. The van der Waals surface area contributed by atoms with Crippen LogP contribution in [0.5, 0.6) is 0 Å². The lowest BCUT2D eigenvalue weighted by atomic mass is 9.79. The van der Waals surface area contributed by atoms with Crippen LogP contribution in [0.1, 0.15) is 44.7 Å². The predicted molar refractivity (Wildman–Crippen MR) is 143 cm³/mol. The molecule has 0 bridgehead atoms. The molecule has 7 rings (SSSR count). The molecule has 3 saturated heterocycles. The van der Waals surface area contributed by atoms with E-state index in [9.17, 15) is 19.5 Å². The first kappa shape index (κ1) is 24.8. The van der Waals surface area contributed by atoms with Gasteiger partial charge in [-0.1, -0.05) is 32.1 Å². The third kappa shape index (κ3) is 3.28. The van der Waals surface area contributed by atoms with Crippen LogP contribution in [0.15, 0.2) is 30.5 Å². The zero-order valence-corrected chi connectivity index (χ0v) is 22.7. The van der Waals surface area contributed by atoms with Gasteiger partial charge >= 0.3 is 0 Å². The molecule has 2 aromatic rings. The topological polar surface area (TPSA) is 118 Å². The first-order valence-electron chi connectivity index (χ1n) is 13.9. The van der Waals surface area contributed by atoms with Gasteiger partial charge in [0.15, 0.2) is 0 Å². The Hall–Kier alpha value is -3.21. The first-order chi connectivity index (χ1) is 18.5. The zero-order chi connectivity index (χ0) is 27.4. The highest BCUT2D eigenvalue weighted by molar-refractivity contribution is 6.00. The number of fused-ring (bicyclic) bond motifs is 5. The summed E-state index contributed by atoms with van der Waals surface area (Å²) in [5.74, 6) is -3.87. The number of H-pyrrole nitrogens is 1. The molecule has 6 atom stereocenters. The van der Waals surface area contributed by atoms with E-state index in [4.69, 9.17) is 4.74 Å². The maximum absolute atomic E-state index is 13.9. The number of likely N-dealkylation sites (N-methyl/N-ethyl adjacent to an activating group) is 1. The van der Waals surface area contributed by atoms with Crippen LogP contribution in [0.25, 0.3) is 16.5 Å². The van der Waals surface area contributed by atoms with Gasteiger partial charge in [-0.15, -0.1) is 0 Å². The average Bonchev–Trinajstić information content (AvgIpc) is 3.59. The van der Waals surface area contributed by atoms with Crippen molar-refractivity contribution < 1.29 is 24.2 Å². The number of piperazine rings is 1. The van der Waals surface area contributed by atoms with Crippen LogP contribution >= 0.6 is 0 Å². The number of aromatic amines is 1. The minimum atomic E-state index is -1.99. The Kier molecular flexibility index (Phi) is 5.19. The lowest BCUT2D eigenvalue weighted by Gasteiger charge is -2.49. The molecule has 0 spiro atoms. The molecule has 39 heavy (non-hydrogen) atoms. The van der Waals surface area contributed by atoms with E-state index in [1.54, 1.807) is 4.90 Å². The Labute approximate surface area is 226 Å². The van der Waals surface area contributed by atoms with E-state index in [1.165, 1.54) is 22.8 Å². The largest absolute Gasteiger partial charge is 0.361 e. The van der Waals surface area contributed by atoms with Crippen molar-refractivity contribution in [3.63, 3.8) is 0 Å². The molecule has 1 aromatic heterocycles. The molecule has 4 aliphatic heterocycles. The second kappa shape index (κ2) is 8.16. The lowest BCUT2D eigenvalue weighted by Crippen LogP contribution is -2.72. The number of nitrogens with one attached hydrogen (secondary N) is 2. The molecular formula is C29H35N5O5. The molecule has 1 aromatic carbocycles. The zero-order valence-electron chi connectivity index (χ0n) is 22.7. The minimum absolute atomic E-state index is 0.156. The van der Waals surface area contributed by atoms with Crippen molar-refractivity contribution in [1.82, 2.24) is 25.0 Å². The van der Waals surface area contributed by atoms with Crippen LogP contribution in [0, 0.1) is 11.8 Å². The third-order valence-corrected chi connectivity index (χ3v) is 9.43. The molecule has 206 valence electrons. The molecule has 1 aliphatic carbocycles. The summed E-state index contributed by atoms with van der Waals surface area (Å²) < 4.78 is 6.14. The van der Waals surface area contributed by atoms with E-state index < -0.39 is 35.5 Å². The van der Waals surface area contributed by atoms with Crippen molar-refractivity contribution in [2.24, 2.45) is 11.8 Å². The number of amides is 3. The van der Waals surface area contributed by atoms with Gasteiger partial charge in [0.25, 0.3) is 11.8 Å². The van der Waals surface area contributed by atoms with E-state index in [0.717, 1.165) is 29.5 Å². The molecule has 5 heterocycles. The monoisotopic (exact) mass is 533 g/mol. The molecular weight excluding hydrogens is 498 g/mol. The van der Waals surface area contributed by atoms with Crippen LogP contribution < -0.4 is 5.32 Å². The van der Waals surface area contributed by atoms with Gasteiger partial charge in [-0.25, -0.2) is 0 Å². The number of carbonyl (C=O) groups excluding carboxylic acids is 3. The Balaban J connectivity index is 1.21. The standard InChI is InChI=1S/C29H35N5O5/c1-15(2)24-26(36)33-10-6-9-22(33)29(38)34(24)27(37)28(3,39-29)31-25(35)17-11-19-18-7-5-8-20-23(18)16(13-30-20)12-21(19)32(4)14-17/h5,7-8,11,13,15,17,21-22,24,30,38H,6,9-10,12,14H2,1-4H3,(H,31,35)/t17?,21-,22+,24+,28-,29+/m1/s1. The van der Waals surface area contributed by atoms with Crippen molar-refractivity contribution in [3.8, 4) is 0 Å². The fourth-order valence-electron chi connectivity index (χ4n) is 7.63. The summed E-state index contributed by atoms with van der Waals surface area (Å²) >= 11 is 0. The van der Waals surface area contributed by atoms with Crippen LogP contribution in [-0.2, 0) is 25.5 Å². The van der Waals surface area contributed by atoms with Crippen LogP contribution in [0.4, 0.5) is 0 Å². The van der Waals surface area contributed by atoms with Gasteiger partial charge < -0.3 is 20.3 Å². The molecule has 0 radical (unpaired) electrons. The number of aliphatic hydroxyl groups is 1. The Morgan fingerprint density at radius 1 is 1.28 bits per heavy atom. The van der Waals surface area contributed by atoms with E-state index in [0.29, 0.717) is 19.5 Å². The number of nitrogens with zero attached hydrogens (tertiary/aromatic N) is 3. The van der Waals surface area contributed by atoms with Gasteiger partial charge in [-0.05, 0) is 61.9 Å². The fraction of sp³-hybridized carbons (Fsp3) is 0.552. The summed E-state index contributed by atoms with van der Waals surface area (Å²) in [6, 6.07) is 4.81. The Bertz CT molecular complexity index is 1450. The number of benzene rings is 1. The van der Waals surface area contributed by atoms with Gasteiger partial charge in [0.05, 0.1) is 5.92 Å². The van der Waals surface area contributed by atoms with Gasteiger partial charge in [0, 0.05) is 36.2 Å². The Morgan fingerprint density at radius 2 is 2.08 bits per heavy atom. The maximum atomic E-state index is 13.9. The van der Waals surface area contributed by atoms with Crippen molar-refractivity contribution in [2.75, 3.05) is 20.1 Å². The van der Waals surface area contributed by atoms with Crippen LogP contribution in [0.3, 0.4) is 0 Å². The summed E-state index contributed by atoms with van der Waals surface area (Å²) in [5.41, 5.74) is 2.78. The van der Waals surface area contributed by atoms with E-state index in [1.807, 2.05) is 33.0 Å². The number of hydrogen-bond acceptors (Lipinski definition) is 6. The highest BCUT2D eigenvalue weighted by atomic mass is 16.7. The predicted octanol–water partition coefficient (Wildman–Crippen LogP) is 1.40. The van der Waals surface area contributed by atoms with Crippen molar-refractivity contribution in [2.45, 2.75) is 69.8 Å². The van der Waals surface area contributed by atoms with Crippen molar-refractivity contribution in [1.29, 1.82) is 0 Å². The van der Waals surface area contributed by atoms with Gasteiger partial charge in [-0.2, -0.15) is 0 Å². The minimum Gasteiger partial charge on any atom is -0.361 e. The quantitative estimate of drug-likeness (QED) is 0.549. The second-order valence-corrected chi connectivity index (χ2v) is 12.3.